The minimum Gasteiger partial charge on any atom is -0.298 e. The van der Waals surface area contributed by atoms with Crippen molar-refractivity contribution in [3.63, 3.8) is 0 Å². The van der Waals surface area contributed by atoms with Gasteiger partial charge in [-0.2, -0.15) is 5.26 Å². The van der Waals surface area contributed by atoms with Crippen molar-refractivity contribution in [3.05, 3.63) is 35.9 Å². The highest BCUT2D eigenvalue weighted by Crippen LogP contribution is 2.25. The fraction of sp³-hybridized carbons (Fsp3) is 0.588. The maximum absolute atomic E-state index is 9.37. The average Bonchev–Trinajstić information content (AvgIpc) is 2.43. The molecule has 0 N–H and O–H groups in total. The normalized spacial score (nSPS) is 25.7. The molecule has 19 heavy (non-hydrogen) atoms. The molecule has 0 saturated carbocycles. The Bertz CT molecular complexity index is 411. The summed E-state index contributed by atoms with van der Waals surface area (Å²) in [7, 11) is 0. The van der Waals surface area contributed by atoms with E-state index in [9.17, 15) is 5.26 Å². The molecule has 0 aliphatic carbocycles. The third-order valence-electron chi connectivity index (χ3n) is 4.41. The molecule has 1 aromatic carbocycles. The van der Waals surface area contributed by atoms with E-state index in [-0.39, 0.29) is 5.92 Å². The Hall–Kier alpha value is -1.33. The molecule has 1 aliphatic rings. The summed E-state index contributed by atoms with van der Waals surface area (Å²) in [5, 5.41) is 9.37. The maximum atomic E-state index is 9.37. The van der Waals surface area contributed by atoms with Crippen LogP contribution in [0.2, 0.25) is 0 Å². The van der Waals surface area contributed by atoms with Crippen LogP contribution in [0.25, 0.3) is 0 Å². The van der Waals surface area contributed by atoms with Crippen LogP contribution in [0, 0.1) is 11.3 Å². The van der Waals surface area contributed by atoms with Gasteiger partial charge in [-0.25, -0.2) is 0 Å². The third kappa shape index (κ3) is 3.58. The first-order valence-corrected chi connectivity index (χ1v) is 7.42. The Morgan fingerprint density at radius 1 is 1.21 bits per heavy atom. The van der Waals surface area contributed by atoms with E-state index in [0.29, 0.717) is 12.1 Å². The van der Waals surface area contributed by atoms with Gasteiger partial charge in [0.1, 0.15) is 0 Å². The van der Waals surface area contributed by atoms with Crippen molar-refractivity contribution < 1.29 is 0 Å². The number of hydrogen-bond donors (Lipinski definition) is 0. The summed E-state index contributed by atoms with van der Waals surface area (Å²) in [6, 6.07) is 14.0. The minimum absolute atomic E-state index is 0.0301. The topological polar surface area (TPSA) is 27.0 Å². The summed E-state index contributed by atoms with van der Waals surface area (Å²) >= 11 is 0. The third-order valence-corrected chi connectivity index (χ3v) is 4.41. The molecular weight excluding hydrogens is 232 g/mol. The lowest BCUT2D eigenvalue weighted by atomic mass is 9.93. The fourth-order valence-electron chi connectivity index (χ4n) is 3.18. The molecule has 3 unspecified atom stereocenters. The number of benzene rings is 1. The van der Waals surface area contributed by atoms with E-state index < -0.39 is 0 Å². The molecule has 0 bridgehead atoms. The monoisotopic (exact) mass is 256 g/mol. The molecule has 3 atom stereocenters. The number of likely N-dealkylation sites (tertiary alicyclic amines) is 1. The highest BCUT2D eigenvalue weighted by molar-refractivity contribution is 5.24. The van der Waals surface area contributed by atoms with Gasteiger partial charge in [0.05, 0.1) is 12.0 Å². The van der Waals surface area contributed by atoms with Gasteiger partial charge in [0, 0.05) is 18.6 Å². The first kappa shape index (κ1) is 14.1. The SMILES string of the molecule is CC1CCCC(C)N1CCC(C#N)c1ccccc1. The zero-order valence-electron chi connectivity index (χ0n) is 12.0. The number of hydrogen-bond acceptors (Lipinski definition) is 2. The van der Waals surface area contributed by atoms with Crippen LogP contribution in [-0.4, -0.2) is 23.5 Å². The van der Waals surface area contributed by atoms with Gasteiger partial charge in [0.25, 0.3) is 0 Å². The standard InChI is InChI=1S/C17H24N2/c1-14-7-6-8-15(2)19(14)12-11-17(13-18)16-9-4-3-5-10-16/h3-5,9-10,14-15,17H,6-8,11-12H2,1-2H3. The van der Waals surface area contributed by atoms with Gasteiger partial charge in [0.2, 0.25) is 0 Å². The van der Waals surface area contributed by atoms with Crippen molar-refractivity contribution in [2.45, 2.75) is 57.5 Å². The van der Waals surface area contributed by atoms with Crippen molar-refractivity contribution in [3.8, 4) is 6.07 Å². The second-order valence-corrected chi connectivity index (χ2v) is 5.75. The number of nitrogens with zero attached hydrogens (tertiary/aromatic N) is 2. The zero-order chi connectivity index (χ0) is 13.7. The molecule has 0 amide bonds. The molecule has 102 valence electrons. The summed E-state index contributed by atoms with van der Waals surface area (Å²) in [5.74, 6) is 0.0301. The predicted octanol–water partition coefficient (Wildman–Crippen LogP) is 3.95. The molecule has 0 aromatic heterocycles. The summed E-state index contributed by atoms with van der Waals surface area (Å²) < 4.78 is 0. The Balaban J connectivity index is 1.95. The molecule has 2 heteroatoms. The van der Waals surface area contributed by atoms with E-state index in [2.05, 4.69) is 36.9 Å². The van der Waals surface area contributed by atoms with Crippen molar-refractivity contribution >= 4 is 0 Å². The van der Waals surface area contributed by atoms with Crippen molar-refractivity contribution in [2.75, 3.05) is 6.54 Å². The second kappa shape index (κ2) is 6.73. The lowest BCUT2D eigenvalue weighted by Crippen LogP contribution is -2.44. The van der Waals surface area contributed by atoms with Gasteiger partial charge in [-0.1, -0.05) is 36.8 Å². The summed E-state index contributed by atoms with van der Waals surface area (Å²) in [5.41, 5.74) is 1.15. The molecule has 0 radical (unpaired) electrons. The molecule has 2 rings (SSSR count). The molecule has 1 saturated heterocycles. The van der Waals surface area contributed by atoms with Crippen LogP contribution < -0.4 is 0 Å². The Labute approximate surface area is 117 Å². The second-order valence-electron chi connectivity index (χ2n) is 5.75. The van der Waals surface area contributed by atoms with Crippen LogP contribution in [0.15, 0.2) is 30.3 Å². The number of rotatable bonds is 4. The Kier molecular flexibility index (Phi) is 4.99. The van der Waals surface area contributed by atoms with Gasteiger partial charge < -0.3 is 0 Å². The van der Waals surface area contributed by atoms with E-state index in [0.717, 1.165) is 18.5 Å². The van der Waals surface area contributed by atoms with E-state index in [4.69, 9.17) is 0 Å². The lowest BCUT2D eigenvalue weighted by Gasteiger charge is -2.39. The average molecular weight is 256 g/mol. The highest BCUT2D eigenvalue weighted by Gasteiger charge is 2.25. The van der Waals surface area contributed by atoms with E-state index >= 15 is 0 Å². The molecule has 0 spiro atoms. The summed E-state index contributed by atoms with van der Waals surface area (Å²) in [6.07, 6.45) is 4.88. The smallest absolute Gasteiger partial charge is 0.0724 e. The van der Waals surface area contributed by atoms with Gasteiger partial charge >= 0.3 is 0 Å². The molecule has 1 heterocycles. The summed E-state index contributed by atoms with van der Waals surface area (Å²) in [4.78, 5) is 2.58. The number of nitriles is 1. The summed E-state index contributed by atoms with van der Waals surface area (Å²) in [6.45, 7) is 5.68. The molecular formula is C17H24N2. The van der Waals surface area contributed by atoms with Gasteiger partial charge in [-0.15, -0.1) is 0 Å². The fourth-order valence-corrected chi connectivity index (χ4v) is 3.18. The number of piperidine rings is 1. The quantitative estimate of drug-likeness (QED) is 0.815. The predicted molar refractivity (Wildman–Crippen MR) is 78.9 cm³/mol. The molecule has 1 aromatic rings. The Morgan fingerprint density at radius 3 is 2.42 bits per heavy atom. The van der Waals surface area contributed by atoms with Crippen molar-refractivity contribution in [1.29, 1.82) is 5.26 Å². The first-order chi connectivity index (χ1) is 9.22. The van der Waals surface area contributed by atoms with Crippen molar-refractivity contribution in [1.82, 2.24) is 4.90 Å². The van der Waals surface area contributed by atoms with E-state index in [1.807, 2.05) is 18.2 Å². The van der Waals surface area contributed by atoms with Crippen LogP contribution in [0.5, 0.6) is 0 Å². The maximum Gasteiger partial charge on any atom is 0.0724 e. The van der Waals surface area contributed by atoms with E-state index in [1.165, 1.54) is 19.3 Å². The minimum atomic E-state index is 0.0301. The molecule has 2 nitrogen and oxygen atoms in total. The van der Waals surface area contributed by atoms with Gasteiger partial charge in [0.15, 0.2) is 0 Å². The van der Waals surface area contributed by atoms with Crippen LogP contribution in [-0.2, 0) is 0 Å². The van der Waals surface area contributed by atoms with Gasteiger partial charge in [-0.3, -0.25) is 4.90 Å². The van der Waals surface area contributed by atoms with Crippen LogP contribution >= 0.6 is 0 Å². The van der Waals surface area contributed by atoms with Crippen molar-refractivity contribution in [2.24, 2.45) is 0 Å². The molecule has 1 fully saturated rings. The highest BCUT2D eigenvalue weighted by atomic mass is 15.2. The lowest BCUT2D eigenvalue weighted by molar-refractivity contribution is 0.101. The van der Waals surface area contributed by atoms with E-state index in [1.54, 1.807) is 0 Å². The first-order valence-electron chi connectivity index (χ1n) is 7.42. The molecule has 1 aliphatic heterocycles. The van der Waals surface area contributed by atoms with Crippen LogP contribution in [0.1, 0.15) is 51.0 Å². The van der Waals surface area contributed by atoms with Gasteiger partial charge in [-0.05, 0) is 38.7 Å². The van der Waals surface area contributed by atoms with Crippen LogP contribution in [0.4, 0.5) is 0 Å². The van der Waals surface area contributed by atoms with Crippen LogP contribution in [0.3, 0.4) is 0 Å². The zero-order valence-corrected chi connectivity index (χ0v) is 12.0. The largest absolute Gasteiger partial charge is 0.298 e. The Morgan fingerprint density at radius 2 is 1.84 bits per heavy atom.